The quantitative estimate of drug-likeness (QED) is 0.162. The Morgan fingerprint density at radius 2 is 1.63 bits per heavy atom. The fraction of sp³-hybridized carbons (Fsp3) is 0.212. The maximum absolute atomic E-state index is 13.6. The molecule has 13 heteroatoms. The molecule has 0 atom stereocenters. The summed E-state index contributed by atoms with van der Waals surface area (Å²) in [6, 6.07) is 18.7. The molecule has 1 fully saturated rings. The Morgan fingerprint density at radius 3 is 2.35 bits per heavy atom. The van der Waals surface area contributed by atoms with Crippen molar-refractivity contribution in [3.63, 3.8) is 0 Å². The number of ether oxygens (including phenoxy) is 3. The third-order valence-electron chi connectivity index (χ3n) is 7.82. The molecule has 0 unspecified atom stereocenters. The van der Waals surface area contributed by atoms with Crippen LogP contribution in [0.25, 0.3) is 21.7 Å². The smallest absolute Gasteiger partial charge is 0.416 e. The van der Waals surface area contributed by atoms with Crippen molar-refractivity contribution < 1.29 is 41.3 Å². The van der Waals surface area contributed by atoms with Gasteiger partial charge in [0, 0.05) is 36.3 Å². The summed E-state index contributed by atoms with van der Waals surface area (Å²) >= 11 is 0. The number of aromatic nitrogens is 1. The fourth-order valence-corrected chi connectivity index (χ4v) is 6.66. The maximum atomic E-state index is 13.6. The van der Waals surface area contributed by atoms with Crippen LogP contribution in [0.2, 0.25) is 0 Å². The zero-order valence-corrected chi connectivity index (χ0v) is 25.6. The van der Waals surface area contributed by atoms with Gasteiger partial charge in [-0.05, 0) is 65.4 Å². The Bertz CT molecular complexity index is 1940. The molecule has 3 N–H and O–H groups in total. The fourth-order valence-electron chi connectivity index (χ4n) is 5.43. The number of nitrogens with zero attached hydrogens (tertiary/aromatic N) is 2. The molecule has 0 spiro atoms. The number of fused-ring (bicyclic) bond motifs is 2. The Balaban J connectivity index is 1.30. The Morgan fingerprint density at radius 1 is 0.891 bits per heavy atom. The highest BCUT2D eigenvalue weighted by Gasteiger charge is 2.32. The molecular formula is C33H30F3N3O6S. The number of nitrogens with one attached hydrogen (secondary N) is 1. The van der Waals surface area contributed by atoms with E-state index in [0.717, 1.165) is 12.1 Å². The minimum absolute atomic E-state index is 0.0215. The Kier molecular flexibility index (Phi) is 8.32. The molecule has 9 nitrogen and oxygen atoms in total. The lowest BCUT2D eigenvalue weighted by molar-refractivity contribution is -0.137. The van der Waals surface area contributed by atoms with Crippen molar-refractivity contribution in [3.8, 4) is 23.0 Å². The molecule has 0 saturated carbocycles. The van der Waals surface area contributed by atoms with E-state index in [1.54, 1.807) is 72.8 Å². The molecule has 1 aliphatic heterocycles. The van der Waals surface area contributed by atoms with Crippen LogP contribution < -0.4 is 24.4 Å². The first-order chi connectivity index (χ1) is 22.0. The second kappa shape index (κ2) is 12.2. The highest BCUT2D eigenvalue weighted by atomic mass is 32.3. The van der Waals surface area contributed by atoms with Gasteiger partial charge in [-0.25, -0.2) is 0 Å². The van der Waals surface area contributed by atoms with E-state index in [-0.39, 0.29) is 35.8 Å². The number of anilines is 2. The molecule has 1 aliphatic rings. The predicted molar refractivity (Wildman–Crippen MR) is 173 cm³/mol. The Labute approximate surface area is 263 Å². The summed E-state index contributed by atoms with van der Waals surface area (Å²) < 4.78 is 78.0. The molecule has 46 heavy (non-hydrogen) atoms. The number of amides is 1. The second-order valence-corrected chi connectivity index (χ2v) is 13.1. The van der Waals surface area contributed by atoms with Crippen LogP contribution in [-0.2, 0) is 6.18 Å². The molecule has 1 aromatic heterocycles. The lowest BCUT2D eigenvalue weighted by Gasteiger charge is -2.42. The van der Waals surface area contributed by atoms with Gasteiger partial charge in [-0.15, -0.1) is 0 Å². The molecule has 0 radical (unpaired) electrons. The molecular weight excluding hydrogens is 623 g/mol. The highest BCUT2D eigenvalue weighted by molar-refractivity contribution is 8.24. The number of methoxy groups -OCH3 is 2. The maximum Gasteiger partial charge on any atom is 0.416 e. The van der Waals surface area contributed by atoms with Crippen molar-refractivity contribution in [3.05, 3.63) is 90.1 Å². The predicted octanol–water partition coefficient (Wildman–Crippen LogP) is 8.04. The number of rotatable bonds is 7. The third-order valence-corrected chi connectivity index (χ3v) is 9.49. The van der Waals surface area contributed by atoms with E-state index in [9.17, 15) is 27.1 Å². The average molecular weight is 654 g/mol. The average Bonchev–Trinajstić information content (AvgIpc) is 3.03. The molecule has 6 rings (SSSR count). The molecule has 5 aromatic rings. The number of hydrogen-bond donors (Lipinski definition) is 3. The summed E-state index contributed by atoms with van der Waals surface area (Å²) in [6.07, 6.45) is -3.01. The van der Waals surface area contributed by atoms with Crippen LogP contribution in [0.1, 0.15) is 15.9 Å². The van der Waals surface area contributed by atoms with E-state index in [0.29, 0.717) is 50.4 Å². The van der Waals surface area contributed by atoms with Gasteiger partial charge in [-0.2, -0.15) is 23.8 Å². The summed E-state index contributed by atoms with van der Waals surface area (Å²) in [5.74, 6) is 1.64. The zero-order valence-electron chi connectivity index (χ0n) is 24.8. The summed E-state index contributed by atoms with van der Waals surface area (Å²) in [6.45, 7) is 0.446. The van der Waals surface area contributed by atoms with Gasteiger partial charge in [0.2, 0.25) is 0 Å². The van der Waals surface area contributed by atoms with Crippen LogP contribution in [0.3, 0.4) is 0 Å². The van der Waals surface area contributed by atoms with Gasteiger partial charge in [-0.1, -0.05) is 12.1 Å². The minimum Gasteiger partial charge on any atom is -0.493 e. The third kappa shape index (κ3) is 6.34. The van der Waals surface area contributed by atoms with Crippen LogP contribution in [0.15, 0.2) is 79.0 Å². The number of halogens is 3. The minimum atomic E-state index is -4.62. The van der Waals surface area contributed by atoms with E-state index < -0.39 is 28.2 Å². The monoisotopic (exact) mass is 653 g/mol. The van der Waals surface area contributed by atoms with Gasteiger partial charge >= 0.3 is 6.18 Å². The van der Waals surface area contributed by atoms with Crippen LogP contribution in [-0.4, -0.2) is 58.8 Å². The number of carbonyl (C=O) groups excluding carboxylic acids is 1. The lowest BCUT2D eigenvalue weighted by Crippen LogP contribution is -2.38. The van der Waals surface area contributed by atoms with Gasteiger partial charge in [-0.3, -0.25) is 18.9 Å². The standard InChI is InChI=1S/C33H30F3N3O6S/c1-43-30-18-25-26(19-31(30)44-2)37-11-10-29(25)45-22-7-8-23-20(16-22)4-3-5-24(23)32(40)38-27-17-21(33(34,35)36)6-9-28(27)39-12-14-46(41,42)15-13-39/h3-11,16-19,41-42H,12-15H2,1-2H3,(H,38,40). The van der Waals surface area contributed by atoms with Crippen LogP contribution in [0.4, 0.5) is 24.5 Å². The van der Waals surface area contributed by atoms with E-state index in [1.807, 2.05) is 0 Å². The number of alkyl halides is 3. The summed E-state index contributed by atoms with van der Waals surface area (Å²) in [4.78, 5) is 19.8. The summed E-state index contributed by atoms with van der Waals surface area (Å²) in [5, 5.41) is 4.63. The van der Waals surface area contributed by atoms with Crippen LogP contribution in [0.5, 0.6) is 23.0 Å². The lowest BCUT2D eigenvalue weighted by atomic mass is 10.0. The molecule has 0 aliphatic carbocycles. The second-order valence-electron chi connectivity index (χ2n) is 10.7. The van der Waals surface area contributed by atoms with E-state index in [1.165, 1.54) is 13.2 Å². The van der Waals surface area contributed by atoms with Crippen LogP contribution >= 0.6 is 10.6 Å². The summed E-state index contributed by atoms with van der Waals surface area (Å²) in [5.41, 5.74) is 0.332. The molecule has 1 amide bonds. The largest absolute Gasteiger partial charge is 0.493 e. The van der Waals surface area contributed by atoms with Gasteiger partial charge in [0.15, 0.2) is 11.5 Å². The molecule has 1 saturated heterocycles. The first-order valence-corrected chi connectivity index (χ1v) is 16.1. The van der Waals surface area contributed by atoms with Gasteiger partial charge in [0.25, 0.3) is 5.91 Å². The first-order valence-electron chi connectivity index (χ1n) is 14.2. The molecule has 2 heterocycles. The van der Waals surface area contributed by atoms with Crippen molar-refractivity contribution >= 4 is 49.5 Å². The SMILES string of the molecule is COc1cc2nccc(Oc3ccc4c(C(=O)Nc5cc(C(F)(F)F)ccc5N5CCS(O)(O)CC5)cccc4c3)c2cc1OC. The normalized spacial score (nSPS) is 15.4. The number of benzene rings is 4. The van der Waals surface area contributed by atoms with Crippen molar-refractivity contribution in [2.45, 2.75) is 6.18 Å². The van der Waals surface area contributed by atoms with Crippen molar-refractivity contribution in [1.29, 1.82) is 0 Å². The van der Waals surface area contributed by atoms with Crippen LogP contribution in [0, 0.1) is 0 Å². The number of pyridine rings is 1. The first kappa shape index (κ1) is 31.3. The number of hydrogen-bond acceptors (Lipinski definition) is 8. The summed E-state index contributed by atoms with van der Waals surface area (Å²) in [7, 11) is 0.347. The van der Waals surface area contributed by atoms with Crippen molar-refractivity contribution in [2.75, 3.05) is 49.0 Å². The molecule has 0 bridgehead atoms. The van der Waals surface area contributed by atoms with E-state index in [2.05, 4.69) is 10.3 Å². The van der Waals surface area contributed by atoms with Gasteiger partial charge < -0.3 is 24.4 Å². The Hall–Kier alpha value is -4.72. The zero-order chi connectivity index (χ0) is 32.6. The van der Waals surface area contributed by atoms with E-state index in [4.69, 9.17) is 14.2 Å². The van der Waals surface area contributed by atoms with E-state index >= 15 is 0 Å². The molecule has 4 aromatic carbocycles. The molecule has 240 valence electrons. The van der Waals surface area contributed by atoms with Crippen molar-refractivity contribution in [1.82, 2.24) is 4.98 Å². The van der Waals surface area contributed by atoms with Gasteiger partial charge in [0.05, 0.1) is 48.2 Å². The topological polar surface area (TPSA) is 113 Å². The number of carbonyl (C=O) groups is 1. The van der Waals surface area contributed by atoms with Gasteiger partial charge in [0.1, 0.15) is 11.5 Å². The highest BCUT2D eigenvalue weighted by Crippen LogP contribution is 2.43. The van der Waals surface area contributed by atoms with Crippen molar-refractivity contribution in [2.24, 2.45) is 0 Å².